The van der Waals surface area contributed by atoms with Gasteiger partial charge in [0, 0.05) is 24.8 Å². The van der Waals surface area contributed by atoms with Crippen LogP contribution >= 0.6 is 0 Å². The molecule has 1 N–H and O–H groups in total. The normalized spacial score (nSPS) is 17.0. The van der Waals surface area contributed by atoms with Crippen LogP contribution in [-0.2, 0) is 16.1 Å². The molecule has 0 bridgehead atoms. The van der Waals surface area contributed by atoms with Gasteiger partial charge >= 0.3 is 0 Å². The lowest BCUT2D eigenvalue weighted by molar-refractivity contribution is -0.120. The molecule has 0 unspecified atom stereocenters. The zero-order valence-electron chi connectivity index (χ0n) is 14.0. The average molecular weight is 328 g/mol. The number of nitrogens with one attached hydrogen (secondary N) is 1. The second-order valence-corrected chi connectivity index (χ2v) is 6.30. The molecule has 0 aliphatic carbocycles. The maximum absolute atomic E-state index is 12.4. The van der Waals surface area contributed by atoms with Crippen molar-refractivity contribution in [2.75, 3.05) is 31.2 Å². The molecule has 0 radical (unpaired) electrons. The first-order chi connectivity index (χ1) is 11.7. The highest BCUT2D eigenvalue weighted by Crippen LogP contribution is 2.18. The van der Waals surface area contributed by atoms with Gasteiger partial charge in [-0.25, -0.2) is 0 Å². The van der Waals surface area contributed by atoms with E-state index >= 15 is 0 Å². The zero-order valence-corrected chi connectivity index (χ0v) is 14.0. The first-order valence-electron chi connectivity index (χ1n) is 8.39. The molecule has 5 heteroatoms. The van der Waals surface area contributed by atoms with Crippen LogP contribution in [0, 0.1) is 12.8 Å². The summed E-state index contributed by atoms with van der Waals surface area (Å²) in [6, 6.07) is 12.0. The highest BCUT2D eigenvalue weighted by Gasteiger charge is 2.18. The Kier molecular flexibility index (Phi) is 5.54. The maximum Gasteiger partial charge on any atom is 0.239 e. The van der Waals surface area contributed by atoms with Gasteiger partial charge in [0.15, 0.2) is 0 Å². The first kappa shape index (κ1) is 16.6. The Morgan fingerprint density at radius 1 is 1.29 bits per heavy atom. The van der Waals surface area contributed by atoms with E-state index in [1.54, 1.807) is 6.26 Å². The Labute approximate surface area is 142 Å². The van der Waals surface area contributed by atoms with E-state index in [-0.39, 0.29) is 5.91 Å². The Morgan fingerprint density at radius 2 is 2.12 bits per heavy atom. The molecule has 0 saturated carbocycles. The monoisotopic (exact) mass is 328 g/mol. The van der Waals surface area contributed by atoms with Crippen molar-refractivity contribution in [2.24, 2.45) is 5.92 Å². The van der Waals surface area contributed by atoms with E-state index in [4.69, 9.17) is 9.15 Å². The molecular weight excluding hydrogens is 304 g/mol. The van der Waals surface area contributed by atoms with Gasteiger partial charge in [0.1, 0.15) is 5.76 Å². The van der Waals surface area contributed by atoms with Crippen molar-refractivity contribution in [3.8, 4) is 0 Å². The Hall–Kier alpha value is -2.27. The third-order valence-electron chi connectivity index (χ3n) is 4.27. The number of amides is 1. The van der Waals surface area contributed by atoms with Crippen LogP contribution in [0.4, 0.5) is 5.69 Å². The average Bonchev–Trinajstić information content (AvgIpc) is 3.27. The largest absolute Gasteiger partial charge is 0.467 e. The van der Waals surface area contributed by atoms with Gasteiger partial charge in [-0.15, -0.1) is 0 Å². The fourth-order valence-corrected chi connectivity index (χ4v) is 2.82. The van der Waals surface area contributed by atoms with E-state index in [1.165, 1.54) is 5.56 Å². The van der Waals surface area contributed by atoms with Gasteiger partial charge < -0.3 is 19.4 Å². The summed E-state index contributed by atoms with van der Waals surface area (Å²) in [7, 11) is 0. The van der Waals surface area contributed by atoms with Crippen LogP contribution in [0.25, 0.3) is 0 Å². The molecule has 1 atom stereocenters. The van der Waals surface area contributed by atoms with Crippen molar-refractivity contribution < 1.29 is 13.9 Å². The molecule has 0 spiro atoms. The molecule has 5 nitrogen and oxygen atoms in total. The highest BCUT2D eigenvalue weighted by molar-refractivity contribution is 5.81. The number of hydrogen-bond acceptors (Lipinski definition) is 4. The van der Waals surface area contributed by atoms with Crippen molar-refractivity contribution in [1.29, 1.82) is 0 Å². The predicted molar refractivity (Wildman–Crippen MR) is 92.9 cm³/mol. The molecule has 1 saturated heterocycles. The van der Waals surface area contributed by atoms with Gasteiger partial charge in [0.25, 0.3) is 0 Å². The van der Waals surface area contributed by atoms with Crippen LogP contribution in [0.5, 0.6) is 0 Å². The van der Waals surface area contributed by atoms with E-state index < -0.39 is 0 Å². The molecule has 1 amide bonds. The number of anilines is 1. The molecule has 1 aliphatic rings. The zero-order chi connectivity index (χ0) is 16.8. The Bertz CT molecular complexity index is 631. The van der Waals surface area contributed by atoms with Crippen LogP contribution in [0.3, 0.4) is 0 Å². The van der Waals surface area contributed by atoms with Gasteiger partial charge in [-0.05, 0) is 37.6 Å². The summed E-state index contributed by atoms with van der Waals surface area (Å²) in [4.78, 5) is 14.4. The van der Waals surface area contributed by atoms with Crippen LogP contribution in [0.15, 0.2) is 47.1 Å². The summed E-state index contributed by atoms with van der Waals surface area (Å²) in [5.41, 5.74) is 2.21. The summed E-state index contributed by atoms with van der Waals surface area (Å²) in [5.74, 6) is 1.30. The molecular formula is C19H24N2O3. The number of aryl methyl sites for hydroxylation is 1. The number of furan rings is 1. The summed E-state index contributed by atoms with van der Waals surface area (Å²) < 4.78 is 10.8. The lowest BCUT2D eigenvalue weighted by atomic mass is 10.1. The molecule has 1 fully saturated rings. The smallest absolute Gasteiger partial charge is 0.239 e. The number of hydrogen-bond donors (Lipinski definition) is 1. The Morgan fingerprint density at radius 3 is 2.79 bits per heavy atom. The van der Waals surface area contributed by atoms with Crippen LogP contribution in [-0.4, -0.2) is 32.2 Å². The van der Waals surface area contributed by atoms with E-state index in [0.717, 1.165) is 31.1 Å². The van der Waals surface area contributed by atoms with Crippen molar-refractivity contribution in [1.82, 2.24) is 5.32 Å². The SMILES string of the molecule is Cc1ccc(N(CC(=O)NC[C@H]2CCOC2)Cc2ccco2)cc1. The maximum atomic E-state index is 12.4. The number of carbonyl (C=O) groups excluding carboxylic acids is 1. The van der Waals surface area contributed by atoms with Gasteiger partial charge in [-0.3, -0.25) is 4.79 Å². The molecule has 3 rings (SSSR count). The minimum atomic E-state index is 0.0223. The fourth-order valence-electron chi connectivity index (χ4n) is 2.82. The highest BCUT2D eigenvalue weighted by atomic mass is 16.5. The van der Waals surface area contributed by atoms with Crippen molar-refractivity contribution in [3.05, 3.63) is 54.0 Å². The van der Waals surface area contributed by atoms with E-state index in [2.05, 4.69) is 24.4 Å². The number of benzene rings is 1. The second kappa shape index (κ2) is 8.02. The van der Waals surface area contributed by atoms with E-state index in [9.17, 15) is 4.79 Å². The van der Waals surface area contributed by atoms with Gasteiger partial charge in [0.05, 0.1) is 26.0 Å². The topological polar surface area (TPSA) is 54.7 Å². The predicted octanol–water partition coefficient (Wildman–Crippen LogP) is 2.75. The molecule has 1 aliphatic heterocycles. The summed E-state index contributed by atoms with van der Waals surface area (Å²) in [6.45, 7) is 5.15. The fraction of sp³-hybridized carbons (Fsp3) is 0.421. The van der Waals surface area contributed by atoms with E-state index in [1.807, 2.05) is 29.2 Å². The number of ether oxygens (including phenoxy) is 1. The molecule has 128 valence electrons. The van der Waals surface area contributed by atoms with Gasteiger partial charge in [-0.1, -0.05) is 17.7 Å². The second-order valence-electron chi connectivity index (χ2n) is 6.30. The quantitative estimate of drug-likeness (QED) is 0.849. The molecule has 2 aromatic rings. The third-order valence-corrected chi connectivity index (χ3v) is 4.27. The minimum absolute atomic E-state index is 0.0223. The first-order valence-corrected chi connectivity index (χ1v) is 8.39. The molecule has 1 aromatic carbocycles. The van der Waals surface area contributed by atoms with Crippen molar-refractivity contribution in [2.45, 2.75) is 19.9 Å². The summed E-state index contributed by atoms with van der Waals surface area (Å²) in [6.07, 6.45) is 2.68. The number of rotatable bonds is 7. The summed E-state index contributed by atoms with van der Waals surface area (Å²) >= 11 is 0. The lowest BCUT2D eigenvalue weighted by Gasteiger charge is -2.24. The summed E-state index contributed by atoms with van der Waals surface area (Å²) in [5, 5.41) is 3.02. The van der Waals surface area contributed by atoms with Crippen LogP contribution in [0.2, 0.25) is 0 Å². The van der Waals surface area contributed by atoms with Gasteiger partial charge in [0.2, 0.25) is 5.91 Å². The third kappa shape index (κ3) is 4.61. The number of carbonyl (C=O) groups is 1. The van der Waals surface area contributed by atoms with Crippen molar-refractivity contribution in [3.63, 3.8) is 0 Å². The Balaban J connectivity index is 1.62. The number of nitrogens with zero attached hydrogens (tertiary/aromatic N) is 1. The van der Waals surface area contributed by atoms with E-state index in [0.29, 0.717) is 25.6 Å². The molecule has 1 aromatic heterocycles. The van der Waals surface area contributed by atoms with Crippen molar-refractivity contribution >= 4 is 11.6 Å². The minimum Gasteiger partial charge on any atom is -0.467 e. The molecule has 2 heterocycles. The van der Waals surface area contributed by atoms with Crippen LogP contribution in [0.1, 0.15) is 17.7 Å². The standard InChI is InChI=1S/C19H24N2O3/c1-15-4-6-17(7-5-15)21(12-18-3-2-9-24-18)13-19(22)20-11-16-8-10-23-14-16/h2-7,9,16H,8,10-14H2,1H3,(H,20,22)/t16-/m1/s1. The van der Waals surface area contributed by atoms with Crippen LogP contribution < -0.4 is 10.2 Å². The molecule has 24 heavy (non-hydrogen) atoms. The lowest BCUT2D eigenvalue weighted by Crippen LogP contribution is -2.39. The van der Waals surface area contributed by atoms with Gasteiger partial charge in [-0.2, -0.15) is 0 Å².